The maximum atomic E-state index is 8.79. The first-order valence-corrected chi connectivity index (χ1v) is 9.68. The first-order valence-electron chi connectivity index (χ1n) is 9.68. The van der Waals surface area contributed by atoms with E-state index in [1.54, 1.807) is 6.92 Å². The van der Waals surface area contributed by atoms with Crippen LogP contribution in [0, 0.1) is 0 Å². The molecule has 0 aromatic heterocycles. The summed E-state index contributed by atoms with van der Waals surface area (Å²) in [4.78, 5) is 0. The monoisotopic (exact) mass is 396 g/mol. The smallest absolute Gasteiger partial charge is 0.0784 e. The second-order valence-electron chi connectivity index (χ2n) is 9.46. The van der Waals surface area contributed by atoms with Crippen LogP contribution in [0.5, 0.6) is 0 Å². The molecule has 5 heteroatoms. The Kier molecular flexibility index (Phi) is 21.3. The zero-order valence-corrected chi connectivity index (χ0v) is 19.6. The van der Waals surface area contributed by atoms with Gasteiger partial charge in [0.1, 0.15) is 0 Å². The van der Waals surface area contributed by atoms with E-state index in [4.69, 9.17) is 24.4 Å². The molecule has 0 saturated carbocycles. The van der Waals surface area contributed by atoms with Gasteiger partial charge in [0.25, 0.3) is 0 Å². The van der Waals surface area contributed by atoms with Crippen molar-refractivity contribution in [1.82, 2.24) is 0 Å². The summed E-state index contributed by atoms with van der Waals surface area (Å²) in [5.74, 6) is 0. The summed E-state index contributed by atoms with van der Waals surface area (Å²) in [6.45, 7) is 25.1. The van der Waals surface area contributed by atoms with E-state index < -0.39 is 0 Å². The molecule has 0 spiro atoms. The number of aliphatic hydroxyl groups is 2. The van der Waals surface area contributed by atoms with Crippen LogP contribution >= 0.6 is 0 Å². The Bertz CT molecular complexity index is 295. The van der Waals surface area contributed by atoms with Crippen LogP contribution < -0.4 is 0 Å². The van der Waals surface area contributed by atoms with Gasteiger partial charge in [0.05, 0.1) is 42.2 Å². The van der Waals surface area contributed by atoms with Crippen molar-refractivity contribution in [2.45, 2.75) is 126 Å². The lowest BCUT2D eigenvalue weighted by Gasteiger charge is -2.23. The molecule has 0 amide bonds. The summed E-state index contributed by atoms with van der Waals surface area (Å²) in [5.41, 5.74) is -0.213. The maximum absolute atomic E-state index is 8.79. The lowest BCUT2D eigenvalue weighted by atomic mass is 10.2. The van der Waals surface area contributed by atoms with Crippen molar-refractivity contribution in [2.75, 3.05) is 19.8 Å². The van der Waals surface area contributed by atoms with Crippen LogP contribution in [-0.4, -0.2) is 59.0 Å². The van der Waals surface area contributed by atoms with Crippen molar-refractivity contribution >= 4 is 0 Å². The molecule has 0 bridgehead atoms. The van der Waals surface area contributed by atoms with Crippen molar-refractivity contribution in [3.8, 4) is 0 Å². The van der Waals surface area contributed by atoms with Gasteiger partial charge in [0.2, 0.25) is 0 Å². The number of hydrogen-bond acceptors (Lipinski definition) is 5. The van der Waals surface area contributed by atoms with E-state index in [9.17, 15) is 0 Å². The fraction of sp³-hybridized carbons (Fsp3) is 1.00. The lowest BCUT2D eigenvalue weighted by molar-refractivity contribution is -0.0709. The number of ether oxygens (including phenoxy) is 3. The fourth-order valence-electron chi connectivity index (χ4n) is 1.42. The van der Waals surface area contributed by atoms with Gasteiger partial charge >= 0.3 is 0 Å². The van der Waals surface area contributed by atoms with Crippen molar-refractivity contribution in [3.63, 3.8) is 0 Å². The highest BCUT2D eigenvalue weighted by molar-refractivity contribution is 4.61. The molecule has 0 radical (unpaired) electrons. The zero-order chi connectivity index (χ0) is 21.6. The zero-order valence-electron chi connectivity index (χ0n) is 19.6. The topological polar surface area (TPSA) is 68.2 Å². The van der Waals surface area contributed by atoms with Gasteiger partial charge in [-0.2, -0.15) is 0 Å². The van der Waals surface area contributed by atoms with Gasteiger partial charge in [-0.25, -0.2) is 0 Å². The number of aliphatic hydroxyl groups excluding tert-OH is 2. The molecule has 2 unspecified atom stereocenters. The lowest BCUT2D eigenvalue weighted by Crippen LogP contribution is -2.27. The van der Waals surface area contributed by atoms with Gasteiger partial charge in [0.15, 0.2) is 0 Å². The van der Waals surface area contributed by atoms with Crippen molar-refractivity contribution in [1.29, 1.82) is 0 Å². The Balaban J connectivity index is -0.000000145. The maximum Gasteiger partial charge on any atom is 0.0784 e. The van der Waals surface area contributed by atoms with Crippen LogP contribution in [0.4, 0.5) is 0 Å². The molecule has 2 N–H and O–H groups in total. The highest BCUT2D eigenvalue weighted by Crippen LogP contribution is 2.09. The summed E-state index contributed by atoms with van der Waals surface area (Å²) >= 11 is 0. The Morgan fingerprint density at radius 2 is 1.19 bits per heavy atom. The quantitative estimate of drug-likeness (QED) is 0.645. The largest absolute Gasteiger partial charge is 0.394 e. The van der Waals surface area contributed by atoms with Crippen molar-refractivity contribution in [3.05, 3.63) is 0 Å². The Morgan fingerprint density at radius 3 is 1.30 bits per heavy atom. The number of hydrogen-bond donors (Lipinski definition) is 2. The third-order valence-electron chi connectivity index (χ3n) is 2.31. The van der Waals surface area contributed by atoms with Gasteiger partial charge in [0, 0.05) is 6.61 Å². The first kappa shape index (κ1) is 34.3. The molecule has 0 fully saturated rings. The summed E-state index contributed by atoms with van der Waals surface area (Å²) in [7, 11) is 0. The summed E-state index contributed by atoms with van der Waals surface area (Å²) < 4.78 is 16.0. The van der Waals surface area contributed by atoms with E-state index in [-0.39, 0.29) is 43.0 Å². The van der Waals surface area contributed by atoms with Gasteiger partial charge in [-0.05, 0) is 82.6 Å². The summed E-state index contributed by atoms with van der Waals surface area (Å²) in [6.07, 6.45) is 0.700. The normalized spacial score (nSPS) is 14.0. The van der Waals surface area contributed by atoms with Crippen LogP contribution in [0.25, 0.3) is 0 Å². The second kappa shape index (κ2) is 16.7. The standard InChI is InChI=1S/2C7H16O2.C7H16O.CH4/c1-6(8)5-9-7(2,3)4;1-6(5-8)9-7(2,3)4;1-5-6-8-7(2,3)4;/h2*6,8H,5H2,1-4H3;5-6H2,1-4H3;1H4. The van der Waals surface area contributed by atoms with Gasteiger partial charge < -0.3 is 24.4 Å². The van der Waals surface area contributed by atoms with Crippen molar-refractivity contribution in [2.24, 2.45) is 0 Å². The highest BCUT2D eigenvalue weighted by Gasteiger charge is 2.13. The van der Waals surface area contributed by atoms with Gasteiger partial charge in [-0.1, -0.05) is 14.4 Å². The Labute approximate surface area is 170 Å². The van der Waals surface area contributed by atoms with E-state index in [1.165, 1.54) is 0 Å². The van der Waals surface area contributed by atoms with E-state index in [0.717, 1.165) is 13.0 Å². The van der Waals surface area contributed by atoms with Crippen LogP contribution in [0.15, 0.2) is 0 Å². The van der Waals surface area contributed by atoms with E-state index in [0.29, 0.717) is 6.61 Å². The van der Waals surface area contributed by atoms with E-state index in [1.807, 2.05) is 48.5 Å². The molecule has 0 aromatic carbocycles. The Morgan fingerprint density at radius 1 is 0.778 bits per heavy atom. The molecule has 170 valence electrons. The minimum Gasteiger partial charge on any atom is -0.394 e. The van der Waals surface area contributed by atoms with Crippen molar-refractivity contribution < 1.29 is 24.4 Å². The second-order valence-corrected chi connectivity index (χ2v) is 9.46. The first-order chi connectivity index (χ1) is 11.4. The van der Waals surface area contributed by atoms with Gasteiger partial charge in [-0.3, -0.25) is 0 Å². The molecular formula is C22H52O5. The van der Waals surface area contributed by atoms with Crippen LogP contribution in [-0.2, 0) is 14.2 Å². The average Bonchev–Trinajstić information content (AvgIpc) is 2.41. The fourth-order valence-corrected chi connectivity index (χ4v) is 1.42. The third kappa shape index (κ3) is 46.1. The van der Waals surface area contributed by atoms with Crippen LogP contribution in [0.2, 0.25) is 0 Å². The molecule has 0 saturated heterocycles. The molecule has 27 heavy (non-hydrogen) atoms. The van der Waals surface area contributed by atoms with Gasteiger partial charge in [-0.15, -0.1) is 0 Å². The molecule has 0 aliphatic rings. The average molecular weight is 397 g/mol. The molecule has 0 aromatic rings. The molecular weight excluding hydrogens is 344 g/mol. The minimum atomic E-state index is -0.357. The van der Waals surface area contributed by atoms with Crippen LogP contribution in [0.3, 0.4) is 0 Å². The summed E-state index contributed by atoms with van der Waals surface area (Å²) in [6, 6.07) is 0. The minimum absolute atomic E-state index is 0. The highest BCUT2D eigenvalue weighted by atomic mass is 16.5. The number of rotatable bonds is 6. The summed E-state index contributed by atoms with van der Waals surface area (Å²) in [5, 5.41) is 17.4. The molecule has 5 nitrogen and oxygen atoms in total. The molecule has 0 rings (SSSR count). The Hall–Kier alpha value is -0.200. The van der Waals surface area contributed by atoms with E-state index in [2.05, 4.69) is 27.7 Å². The molecule has 0 heterocycles. The molecule has 2 atom stereocenters. The third-order valence-corrected chi connectivity index (χ3v) is 2.31. The predicted molar refractivity (Wildman–Crippen MR) is 117 cm³/mol. The van der Waals surface area contributed by atoms with Crippen LogP contribution in [0.1, 0.15) is 96.9 Å². The molecule has 0 aliphatic heterocycles. The van der Waals surface area contributed by atoms with E-state index >= 15 is 0 Å². The SMILES string of the molecule is C.CC(CO)OC(C)(C)C.CC(O)COC(C)(C)C.CCCOC(C)(C)C. The predicted octanol–water partition coefficient (Wildman–Crippen LogP) is 5.21. The molecule has 0 aliphatic carbocycles.